The van der Waals surface area contributed by atoms with Crippen molar-refractivity contribution in [3.05, 3.63) is 146 Å². The van der Waals surface area contributed by atoms with Gasteiger partial charge in [0.05, 0.1) is 38.6 Å². The lowest BCUT2D eigenvalue weighted by atomic mass is 9.96. The normalized spacial score (nSPS) is 27.8. The second-order valence-corrected chi connectivity index (χ2v) is 25.3. The summed E-state index contributed by atoms with van der Waals surface area (Å²) in [5.41, 5.74) is 0. The predicted molar refractivity (Wildman–Crippen MR) is 382 cm³/mol. The van der Waals surface area contributed by atoms with Gasteiger partial charge >= 0.3 is 0 Å². The highest BCUT2D eigenvalue weighted by Gasteiger charge is 2.53. The molecule has 3 heterocycles. The van der Waals surface area contributed by atoms with Crippen LogP contribution in [-0.4, -0.2) is 193 Å². The molecule has 0 saturated carbocycles. The van der Waals surface area contributed by atoms with Gasteiger partial charge in [-0.25, -0.2) is 0 Å². The number of aliphatic hydroxyl groups excluding tert-OH is 11. The van der Waals surface area contributed by atoms with Crippen molar-refractivity contribution in [1.29, 1.82) is 0 Å². The van der Waals surface area contributed by atoms with Gasteiger partial charge in [0.1, 0.15) is 73.2 Å². The van der Waals surface area contributed by atoms with Gasteiger partial charge < -0.3 is 89.9 Å². The average molecular weight is 1370 g/mol. The van der Waals surface area contributed by atoms with Crippen LogP contribution in [0, 0.1) is 0 Å². The van der Waals surface area contributed by atoms with Crippen LogP contribution in [-0.2, 0) is 33.2 Å². The molecule has 0 aromatic carbocycles. The monoisotopic (exact) mass is 1370 g/mol. The quantitative estimate of drug-likeness (QED) is 0.0199. The van der Waals surface area contributed by atoms with Gasteiger partial charge in [-0.05, 0) is 109 Å². The molecule has 0 aliphatic carbocycles. The van der Waals surface area contributed by atoms with Gasteiger partial charge in [-0.2, -0.15) is 0 Å². The topological polar surface area (TPSA) is 307 Å². The van der Waals surface area contributed by atoms with E-state index in [1.807, 2.05) is 6.08 Å². The van der Waals surface area contributed by atoms with Gasteiger partial charge in [0, 0.05) is 6.42 Å². The highest BCUT2D eigenvalue weighted by molar-refractivity contribution is 5.76. The molecule has 3 aliphatic rings. The van der Waals surface area contributed by atoms with Crippen LogP contribution >= 0.6 is 0 Å². The van der Waals surface area contributed by atoms with Crippen molar-refractivity contribution < 1.29 is 89.4 Å². The molecular weight excluding hydrogens is 1240 g/mol. The lowest BCUT2D eigenvalue weighted by Gasteiger charge is -2.48. The van der Waals surface area contributed by atoms with Gasteiger partial charge in [0.25, 0.3) is 0 Å². The molecule has 3 saturated heterocycles. The minimum Gasteiger partial charge on any atom is -0.394 e. The van der Waals surface area contributed by atoms with Gasteiger partial charge in [-0.3, -0.25) is 4.79 Å². The van der Waals surface area contributed by atoms with E-state index < -0.39 is 124 Å². The highest BCUT2D eigenvalue weighted by Crippen LogP contribution is 2.33. The summed E-state index contributed by atoms with van der Waals surface area (Å²) in [7, 11) is 0. The summed E-state index contributed by atoms with van der Waals surface area (Å²) in [6, 6.07) is -1.01. The number of rotatable bonds is 54. The van der Waals surface area contributed by atoms with E-state index in [9.17, 15) is 61.0 Å². The van der Waals surface area contributed by atoms with E-state index in [4.69, 9.17) is 28.4 Å². The fraction of sp³-hybridized carbons (Fsp3) is 0.679. The first-order chi connectivity index (χ1) is 47.3. The Morgan fingerprint density at radius 2 is 0.722 bits per heavy atom. The summed E-state index contributed by atoms with van der Waals surface area (Å²) in [6.07, 6.45) is 55.4. The average Bonchev–Trinajstić information content (AvgIpc) is 0.789. The Labute approximate surface area is 581 Å². The summed E-state index contributed by atoms with van der Waals surface area (Å²) in [4.78, 5) is 13.4. The second kappa shape index (κ2) is 57.3. The Bertz CT molecular complexity index is 2320. The number of hydrogen-bond donors (Lipinski definition) is 12. The van der Waals surface area contributed by atoms with Crippen molar-refractivity contribution in [1.82, 2.24) is 5.32 Å². The smallest absolute Gasteiger partial charge is 0.220 e. The largest absolute Gasteiger partial charge is 0.394 e. The number of hydrogen-bond acceptors (Lipinski definition) is 18. The standard InChI is InChI=1S/C78H127NO18/c1-3-5-7-9-11-13-15-17-19-20-21-22-23-24-25-26-27-28-29-30-31-32-33-34-35-36-37-38-39-40-42-44-46-48-50-52-54-56-66(84)79-61(62(83)55-53-51-49-47-45-43-41-18-16-14-12-10-8-6-4-2)60-92-76-72(90)69(87)74(64(58-81)94-76)97-78-73(91)70(88)75(65(59-82)95-78)96-77-71(89)68(86)67(85)63(57-80)93-77/h5,7,11,13,17,19,21-22,24-25,27-28,30-31,33-34,36-37,39-40,45,47,53,55,61-65,67-78,80-83,85-91H,3-4,6,8-10,12,14-16,18,20,23,26,29,32,35,38,41-44,46,48-52,54,56-60H2,1-2H3,(H,79,84)/b7-5-,13-11-,19-17-,22-21-,25-24-,28-27-,31-30-,34-33-,37-36-,40-39-,47-45+,55-53+. The number of allylic oxidation sites excluding steroid dienone is 23. The second-order valence-electron chi connectivity index (χ2n) is 25.3. The molecule has 17 unspecified atom stereocenters. The van der Waals surface area contributed by atoms with Gasteiger partial charge in [-0.1, -0.05) is 237 Å². The molecule has 0 aromatic rings. The van der Waals surface area contributed by atoms with Crippen LogP contribution in [0.3, 0.4) is 0 Å². The summed E-state index contributed by atoms with van der Waals surface area (Å²) < 4.78 is 34.3. The third-order valence-electron chi connectivity index (χ3n) is 17.1. The summed E-state index contributed by atoms with van der Waals surface area (Å²) in [5.74, 6) is -0.307. The molecule has 0 aromatic heterocycles. The number of aliphatic hydroxyl groups is 11. The lowest BCUT2D eigenvalue weighted by Crippen LogP contribution is -2.66. The molecular formula is C78H127NO18. The van der Waals surface area contributed by atoms with Crippen LogP contribution in [0.4, 0.5) is 0 Å². The van der Waals surface area contributed by atoms with Gasteiger partial charge in [-0.15, -0.1) is 0 Å². The molecule has 552 valence electrons. The SMILES string of the molecule is CC/C=C\C/C=C\C/C=C\C/C=C\C/C=C\C/C=C\C/C=C\C/C=C\C/C=C\C/C=C\CCCCCCCCC(=O)NC(COC1OC(CO)C(OC2OC(CO)C(OC3OC(CO)C(O)C(O)C3O)C(O)C2O)C(O)C1O)C(O)/C=C/CC/C=C/CCCCCCCCCCC. The van der Waals surface area contributed by atoms with Gasteiger partial charge in [0.2, 0.25) is 5.91 Å². The zero-order valence-electron chi connectivity index (χ0n) is 58.5. The maximum atomic E-state index is 13.4. The molecule has 3 fully saturated rings. The number of carbonyl (C=O) groups is 1. The molecule has 3 aliphatic heterocycles. The van der Waals surface area contributed by atoms with E-state index in [2.05, 4.69) is 153 Å². The van der Waals surface area contributed by atoms with Crippen molar-refractivity contribution >= 4 is 5.91 Å². The lowest BCUT2D eigenvalue weighted by molar-refractivity contribution is -0.379. The number of unbranched alkanes of at least 4 members (excludes halogenated alkanes) is 16. The molecule has 1 amide bonds. The molecule has 0 radical (unpaired) electrons. The van der Waals surface area contributed by atoms with Crippen LogP contribution in [0.1, 0.15) is 206 Å². The Balaban J connectivity index is 1.38. The van der Waals surface area contributed by atoms with E-state index in [0.717, 1.165) is 122 Å². The first-order valence-electron chi connectivity index (χ1n) is 36.6. The van der Waals surface area contributed by atoms with E-state index in [1.165, 1.54) is 51.4 Å². The molecule has 0 spiro atoms. The number of ether oxygens (including phenoxy) is 6. The van der Waals surface area contributed by atoms with Crippen molar-refractivity contribution in [3.63, 3.8) is 0 Å². The van der Waals surface area contributed by atoms with Crippen molar-refractivity contribution in [2.75, 3.05) is 26.4 Å². The third-order valence-corrected chi connectivity index (χ3v) is 17.1. The Morgan fingerprint density at radius 1 is 0.381 bits per heavy atom. The zero-order valence-corrected chi connectivity index (χ0v) is 58.5. The van der Waals surface area contributed by atoms with Crippen LogP contribution in [0.5, 0.6) is 0 Å². The molecule has 0 bridgehead atoms. The van der Waals surface area contributed by atoms with Crippen molar-refractivity contribution in [2.24, 2.45) is 0 Å². The third kappa shape index (κ3) is 38.3. The first kappa shape index (κ1) is 86.9. The summed E-state index contributed by atoms with van der Waals surface area (Å²) >= 11 is 0. The molecule has 12 N–H and O–H groups in total. The Kier molecular flexibility index (Phi) is 51.3. The maximum Gasteiger partial charge on any atom is 0.220 e. The first-order valence-corrected chi connectivity index (χ1v) is 36.6. The minimum atomic E-state index is -1.99. The van der Waals surface area contributed by atoms with E-state index in [1.54, 1.807) is 6.08 Å². The zero-order chi connectivity index (χ0) is 70.4. The van der Waals surface area contributed by atoms with Crippen molar-refractivity contribution in [2.45, 2.75) is 311 Å². The Morgan fingerprint density at radius 3 is 1.15 bits per heavy atom. The van der Waals surface area contributed by atoms with E-state index in [0.29, 0.717) is 12.8 Å². The predicted octanol–water partition coefficient (Wildman–Crippen LogP) is 10.7. The Hall–Kier alpha value is -4.33. The number of amides is 1. The fourth-order valence-corrected chi connectivity index (χ4v) is 11.2. The minimum absolute atomic E-state index is 0.208. The number of nitrogens with one attached hydrogen (secondary N) is 1. The summed E-state index contributed by atoms with van der Waals surface area (Å²) in [5, 5.41) is 120. The fourth-order valence-electron chi connectivity index (χ4n) is 11.2. The van der Waals surface area contributed by atoms with Crippen LogP contribution in [0.15, 0.2) is 146 Å². The molecule has 97 heavy (non-hydrogen) atoms. The number of carbonyl (C=O) groups excluding carboxylic acids is 1. The highest BCUT2D eigenvalue weighted by atomic mass is 16.8. The van der Waals surface area contributed by atoms with Crippen molar-refractivity contribution in [3.8, 4) is 0 Å². The summed E-state index contributed by atoms with van der Waals surface area (Å²) in [6.45, 7) is 1.56. The van der Waals surface area contributed by atoms with E-state index in [-0.39, 0.29) is 18.9 Å². The molecule has 19 heteroatoms. The van der Waals surface area contributed by atoms with Crippen LogP contribution in [0.2, 0.25) is 0 Å². The maximum absolute atomic E-state index is 13.4. The molecule has 17 atom stereocenters. The van der Waals surface area contributed by atoms with Crippen LogP contribution < -0.4 is 5.32 Å². The van der Waals surface area contributed by atoms with E-state index >= 15 is 0 Å². The molecule has 3 rings (SSSR count). The van der Waals surface area contributed by atoms with Gasteiger partial charge in [0.15, 0.2) is 18.9 Å². The molecule has 19 nitrogen and oxygen atoms in total. The van der Waals surface area contributed by atoms with Crippen LogP contribution in [0.25, 0.3) is 0 Å².